The number of ketones is 2. The van der Waals surface area contributed by atoms with Gasteiger partial charge < -0.3 is 9.47 Å². The van der Waals surface area contributed by atoms with Gasteiger partial charge in [-0.05, 0) is 30.3 Å². The minimum Gasteiger partial charge on any atom is -0.489 e. The van der Waals surface area contributed by atoms with Crippen LogP contribution in [0.5, 0.6) is 0 Å². The van der Waals surface area contributed by atoms with Crippen molar-refractivity contribution in [2.45, 2.75) is 9.79 Å². The van der Waals surface area contributed by atoms with Gasteiger partial charge in [0, 0.05) is 19.8 Å². The minimum atomic E-state index is -0.345. The molecule has 0 aromatic heterocycles. The standard InChI is InChI=1S/C18H13BrO4S/c1-22-17-15(20)12-4-3-5-13(14(12)16(21)18(17)23-2)24-11-8-6-10(19)7-9-11/h3-9H,1-2H3. The number of allylic oxidation sites excluding steroid dienone is 2. The normalized spacial score (nSPS) is 13.8. The van der Waals surface area contributed by atoms with Gasteiger partial charge in [-0.1, -0.05) is 39.8 Å². The highest BCUT2D eigenvalue weighted by molar-refractivity contribution is 9.10. The van der Waals surface area contributed by atoms with Crippen LogP contribution in [0.2, 0.25) is 0 Å². The van der Waals surface area contributed by atoms with Crippen molar-refractivity contribution in [2.24, 2.45) is 0 Å². The molecule has 0 atom stereocenters. The average Bonchev–Trinajstić information content (AvgIpc) is 2.59. The monoisotopic (exact) mass is 404 g/mol. The Balaban J connectivity index is 2.09. The molecule has 0 saturated carbocycles. The lowest BCUT2D eigenvalue weighted by Crippen LogP contribution is -2.24. The summed E-state index contributed by atoms with van der Waals surface area (Å²) in [6, 6.07) is 12.9. The smallest absolute Gasteiger partial charge is 0.233 e. The number of Topliss-reactive ketones (excluding diaryl/α,β-unsaturated/α-hetero) is 2. The molecule has 24 heavy (non-hydrogen) atoms. The fourth-order valence-electron chi connectivity index (χ4n) is 2.48. The molecule has 3 rings (SSSR count). The lowest BCUT2D eigenvalue weighted by molar-refractivity contribution is 0.0826. The van der Waals surface area contributed by atoms with E-state index in [0.29, 0.717) is 16.0 Å². The lowest BCUT2D eigenvalue weighted by atomic mass is 9.92. The zero-order chi connectivity index (χ0) is 17.3. The first-order chi connectivity index (χ1) is 11.6. The van der Waals surface area contributed by atoms with Crippen LogP contribution in [0.15, 0.2) is 68.2 Å². The van der Waals surface area contributed by atoms with E-state index in [1.807, 2.05) is 30.3 Å². The van der Waals surface area contributed by atoms with Crippen LogP contribution in [0.3, 0.4) is 0 Å². The minimum absolute atomic E-state index is 0.0548. The molecule has 2 aromatic carbocycles. The third kappa shape index (κ3) is 2.87. The number of halogens is 1. The van der Waals surface area contributed by atoms with Crippen LogP contribution in [0.25, 0.3) is 0 Å². The molecule has 0 heterocycles. The number of methoxy groups -OCH3 is 2. The summed E-state index contributed by atoms with van der Waals surface area (Å²) in [5.74, 6) is -0.800. The van der Waals surface area contributed by atoms with E-state index < -0.39 is 0 Å². The fourth-order valence-corrected chi connectivity index (χ4v) is 3.72. The molecule has 0 bridgehead atoms. The second kappa shape index (κ2) is 6.83. The summed E-state index contributed by atoms with van der Waals surface area (Å²) in [4.78, 5) is 27.0. The Hall–Kier alpha value is -2.05. The third-order valence-electron chi connectivity index (χ3n) is 3.57. The van der Waals surface area contributed by atoms with Gasteiger partial charge in [0.1, 0.15) is 0 Å². The highest BCUT2D eigenvalue weighted by Crippen LogP contribution is 2.37. The second-order valence-electron chi connectivity index (χ2n) is 4.96. The van der Waals surface area contributed by atoms with Crippen LogP contribution in [0.4, 0.5) is 0 Å². The molecule has 6 heteroatoms. The van der Waals surface area contributed by atoms with E-state index in [0.717, 1.165) is 9.37 Å². The number of carbonyl (C=O) groups is 2. The zero-order valence-electron chi connectivity index (χ0n) is 13.0. The maximum atomic E-state index is 12.8. The van der Waals surface area contributed by atoms with Crippen molar-refractivity contribution >= 4 is 39.3 Å². The van der Waals surface area contributed by atoms with Gasteiger partial charge in [0.05, 0.1) is 19.8 Å². The van der Waals surface area contributed by atoms with Crippen molar-refractivity contribution in [1.82, 2.24) is 0 Å². The number of rotatable bonds is 4. The molecular formula is C18H13BrO4S. The molecule has 4 nitrogen and oxygen atoms in total. The van der Waals surface area contributed by atoms with Crippen LogP contribution in [0, 0.1) is 0 Å². The van der Waals surface area contributed by atoms with Crippen molar-refractivity contribution in [3.8, 4) is 0 Å². The van der Waals surface area contributed by atoms with Gasteiger partial charge in [-0.2, -0.15) is 0 Å². The van der Waals surface area contributed by atoms with E-state index in [2.05, 4.69) is 15.9 Å². The Morgan fingerprint density at radius 2 is 1.50 bits per heavy atom. The SMILES string of the molecule is COC1=C(OC)C(=O)c2c(Sc3ccc(Br)cc3)cccc2C1=O. The highest BCUT2D eigenvalue weighted by atomic mass is 79.9. The predicted octanol–water partition coefficient (Wildman–Crippen LogP) is 4.48. The Kier molecular flexibility index (Phi) is 4.78. The van der Waals surface area contributed by atoms with Gasteiger partial charge in [-0.15, -0.1) is 0 Å². The second-order valence-corrected chi connectivity index (χ2v) is 6.99. The van der Waals surface area contributed by atoms with Gasteiger partial charge in [0.15, 0.2) is 0 Å². The maximum absolute atomic E-state index is 12.8. The van der Waals surface area contributed by atoms with Gasteiger partial charge in [-0.3, -0.25) is 9.59 Å². The van der Waals surface area contributed by atoms with Crippen molar-refractivity contribution in [1.29, 1.82) is 0 Å². The molecule has 0 radical (unpaired) electrons. The summed E-state index contributed by atoms with van der Waals surface area (Å²) in [6.07, 6.45) is 0. The Labute approximate surface area is 152 Å². The molecule has 0 amide bonds. The van der Waals surface area contributed by atoms with Crippen LogP contribution >= 0.6 is 27.7 Å². The molecule has 0 N–H and O–H groups in total. The van der Waals surface area contributed by atoms with E-state index >= 15 is 0 Å². The Morgan fingerprint density at radius 3 is 2.12 bits per heavy atom. The summed E-state index contributed by atoms with van der Waals surface area (Å²) in [5.41, 5.74) is 0.688. The fraction of sp³-hybridized carbons (Fsp3) is 0.111. The van der Waals surface area contributed by atoms with Gasteiger partial charge in [0.2, 0.25) is 23.1 Å². The Morgan fingerprint density at radius 1 is 0.875 bits per heavy atom. The first-order valence-corrected chi connectivity index (χ1v) is 8.66. The van der Waals surface area contributed by atoms with Gasteiger partial charge in [-0.25, -0.2) is 0 Å². The van der Waals surface area contributed by atoms with Gasteiger partial charge in [0.25, 0.3) is 0 Å². The van der Waals surface area contributed by atoms with E-state index in [1.165, 1.54) is 26.0 Å². The van der Waals surface area contributed by atoms with Crippen molar-refractivity contribution in [3.05, 3.63) is 69.6 Å². The zero-order valence-corrected chi connectivity index (χ0v) is 15.4. The summed E-state index contributed by atoms with van der Waals surface area (Å²) in [7, 11) is 2.71. The maximum Gasteiger partial charge on any atom is 0.233 e. The number of benzene rings is 2. The van der Waals surface area contributed by atoms with E-state index in [9.17, 15) is 9.59 Å². The summed E-state index contributed by atoms with van der Waals surface area (Å²) in [5, 5.41) is 0. The number of fused-ring (bicyclic) bond motifs is 1. The first-order valence-electron chi connectivity index (χ1n) is 7.05. The van der Waals surface area contributed by atoms with Crippen molar-refractivity contribution in [3.63, 3.8) is 0 Å². The lowest BCUT2D eigenvalue weighted by Gasteiger charge is -2.20. The van der Waals surface area contributed by atoms with E-state index in [1.54, 1.807) is 12.1 Å². The first kappa shape index (κ1) is 16.8. The molecule has 0 saturated heterocycles. The molecule has 122 valence electrons. The number of hydrogen-bond acceptors (Lipinski definition) is 5. The molecule has 1 aliphatic carbocycles. The molecule has 0 aliphatic heterocycles. The molecule has 0 unspecified atom stereocenters. The molecule has 2 aromatic rings. The van der Waals surface area contributed by atoms with Crippen LogP contribution in [0.1, 0.15) is 20.7 Å². The van der Waals surface area contributed by atoms with E-state index in [-0.39, 0.29) is 23.1 Å². The van der Waals surface area contributed by atoms with Crippen molar-refractivity contribution < 1.29 is 19.1 Å². The van der Waals surface area contributed by atoms with Gasteiger partial charge >= 0.3 is 0 Å². The molecule has 0 fully saturated rings. The predicted molar refractivity (Wildman–Crippen MR) is 94.4 cm³/mol. The number of hydrogen-bond donors (Lipinski definition) is 0. The number of ether oxygens (including phenoxy) is 2. The highest BCUT2D eigenvalue weighted by Gasteiger charge is 2.36. The third-order valence-corrected chi connectivity index (χ3v) is 5.16. The number of carbonyl (C=O) groups excluding carboxylic acids is 2. The topological polar surface area (TPSA) is 52.6 Å². The van der Waals surface area contributed by atoms with Crippen LogP contribution < -0.4 is 0 Å². The molecule has 1 aliphatic rings. The molecular weight excluding hydrogens is 392 g/mol. The van der Waals surface area contributed by atoms with Crippen molar-refractivity contribution in [2.75, 3.05) is 14.2 Å². The molecule has 0 spiro atoms. The van der Waals surface area contributed by atoms with E-state index in [4.69, 9.17) is 9.47 Å². The van der Waals surface area contributed by atoms with Crippen LogP contribution in [-0.2, 0) is 9.47 Å². The average molecular weight is 405 g/mol. The van der Waals surface area contributed by atoms with Crippen LogP contribution in [-0.4, -0.2) is 25.8 Å². The largest absolute Gasteiger partial charge is 0.489 e. The summed E-state index contributed by atoms with van der Waals surface area (Å²) < 4.78 is 11.2. The quantitative estimate of drug-likeness (QED) is 0.751. The summed E-state index contributed by atoms with van der Waals surface area (Å²) >= 11 is 4.82. The Bertz CT molecular complexity index is 856. The summed E-state index contributed by atoms with van der Waals surface area (Å²) in [6.45, 7) is 0.